The van der Waals surface area contributed by atoms with Crippen LogP contribution in [0.25, 0.3) is 11.0 Å². The highest BCUT2D eigenvalue weighted by Crippen LogP contribution is 2.37. The van der Waals surface area contributed by atoms with Crippen LogP contribution >= 0.6 is 0 Å². The predicted octanol–water partition coefficient (Wildman–Crippen LogP) is 3.05. The summed E-state index contributed by atoms with van der Waals surface area (Å²) >= 11 is 0. The molecule has 0 unspecified atom stereocenters. The molecule has 0 aliphatic carbocycles. The van der Waals surface area contributed by atoms with Gasteiger partial charge >= 0.3 is 0 Å². The Kier molecular flexibility index (Phi) is 4.01. The summed E-state index contributed by atoms with van der Waals surface area (Å²) in [6.45, 7) is 5.62. The number of rotatable bonds is 6. The van der Waals surface area contributed by atoms with Crippen molar-refractivity contribution in [3.63, 3.8) is 0 Å². The SMILES string of the molecule is CCC(CC)c1nc2cc3c(cc2n1CCCO)OCO3. The average Bonchev–Trinajstić information content (AvgIpc) is 3.08. The van der Waals surface area contributed by atoms with E-state index in [1.54, 1.807) is 0 Å². The van der Waals surface area contributed by atoms with Crippen LogP contribution in [0.1, 0.15) is 44.9 Å². The van der Waals surface area contributed by atoms with Crippen molar-refractivity contribution in [1.29, 1.82) is 0 Å². The highest BCUT2D eigenvalue weighted by atomic mass is 16.7. The molecule has 1 aliphatic rings. The molecule has 21 heavy (non-hydrogen) atoms. The van der Waals surface area contributed by atoms with Crippen LogP contribution in [-0.2, 0) is 6.54 Å². The Morgan fingerprint density at radius 2 is 1.95 bits per heavy atom. The molecule has 0 spiro atoms. The summed E-state index contributed by atoms with van der Waals surface area (Å²) < 4.78 is 13.1. The molecule has 1 aliphatic heterocycles. The number of imidazole rings is 1. The van der Waals surface area contributed by atoms with Crippen molar-refractivity contribution < 1.29 is 14.6 Å². The first kappa shape index (κ1) is 14.2. The normalized spacial score (nSPS) is 13.5. The van der Waals surface area contributed by atoms with Crippen LogP contribution in [0.3, 0.4) is 0 Å². The molecule has 2 heterocycles. The van der Waals surface area contributed by atoms with Crippen molar-refractivity contribution in [2.45, 2.75) is 45.6 Å². The van der Waals surface area contributed by atoms with Crippen LogP contribution in [0, 0.1) is 0 Å². The Labute approximate surface area is 124 Å². The van der Waals surface area contributed by atoms with Crippen LogP contribution in [0.2, 0.25) is 0 Å². The number of aromatic nitrogens is 2. The standard InChI is InChI=1S/C16H22N2O3/c1-3-11(4-2)16-17-12-8-14-15(21-10-20-14)9-13(12)18(16)6-5-7-19/h8-9,11,19H,3-7,10H2,1-2H3. The van der Waals surface area contributed by atoms with Gasteiger partial charge in [-0.05, 0) is 19.3 Å². The number of ether oxygens (including phenoxy) is 2. The number of aliphatic hydroxyl groups is 1. The second-order valence-corrected chi connectivity index (χ2v) is 5.41. The second-order valence-electron chi connectivity index (χ2n) is 5.41. The third kappa shape index (κ3) is 2.46. The molecule has 3 rings (SSSR count). The van der Waals surface area contributed by atoms with Gasteiger partial charge in [0.2, 0.25) is 6.79 Å². The molecular formula is C16H22N2O3. The fraction of sp³-hybridized carbons (Fsp3) is 0.562. The largest absolute Gasteiger partial charge is 0.454 e. The van der Waals surface area contributed by atoms with Gasteiger partial charge in [0, 0.05) is 31.2 Å². The van der Waals surface area contributed by atoms with Crippen LogP contribution in [-0.4, -0.2) is 28.1 Å². The summed E-state index contributed by atoms with van der Waals surface area (Å²) in [5.41, 5.74) is 2.01. The molecule has 0 saturated carbocycles. The Morgan fingerprint density at radius 3 is 2.62 bits per heavy atom. The van der Waals surface area contributed by atoms with Gasteiger partial charge in [-0.1, -0.05) is 13.8 Å². The van der Waals surface area contributed by atoms with E-state index in [0.717, 1.165) is 54.2 Å². The summed E-state index contributed by atoms with van der Waals surface area (Å²) in [7, 11) is 0. The van der Waals surface area contributed by atoms with Gasteiger partial charge in [-0.25, -0.2) is 4.98 Å². The molecule has 0 bridgehead atoms. The number of hydrogen-bond acceptors (Lipinski definition) is 4. The van der Waals surface area contributed by atoms with Gasteiger partial charge in [0.1, 0.15) is 5.82 Å². The van der Waals surface area contributed by atoms with Gasteiger partial charge in [0.05, 0.1) is 11.0 Å². The van der Waals surface area contributed by atoms with Crippen molar-refractivity contribution in [2.75, 3.05) is 13.4 Å². The van der Waals surface area contributed by atoms with Gasteiger partial charge in [-0.3, -0.25) is 0 Å². The van der Waals surface area contributed by atoms with Crippen molar-refractivity contribution in [1.82, 2.24) is 9.55 Å². The highest BCUT2D eigenvalue weighted by molar-refractivity contribution is 5.81. The Morgan fingerprint density at radius 1 is 1.24 bits per heavy atom. The summed E-state index contributed by atoms with van der Waals surface area (Å²) in [4.78, 5) is 4.83. The summed E-state index contributed by atoms with van der Waals surface area (Å²) in [6.07, 6.45) is 2.85. The zero-order valence-corrected chi connectivity index (χ0v) is 12.6. The first-order valence-corrected chi connectivity index (χ1v) is 7.69. The summed E-state index contributed by atoms with van der Waals surface area (Å²) in [5.74, 6) is 3.09. The van der Waals surface area contributed by atoms with Crippen LogP contribution < -0.4 is 9.47 Å². The van der Waals surface area contributed by atoms with Crippen molar-refractivity contribution in [3.05, 3.63) is 18.0 Å². The molecule has 1 aromatic heterocycles. The van der Waals surface area contributed by atoms with E-state index in [-0.39, 0.29) is 13.4 Å². The molecule has 0 radical (unpaired) electrons. The number of aliphatic hydroxyl groups excluding tert-OH is 1. The molecular weight excluding hydrogens is 268 g/mol. The highest BCUT2D eigenvalue weighted by Gasteiger charge is 2.21. The van der Waals surface area contributed by atoms with Gasteiger partial charge in [-0.15, -0.1) is 0 Å². The third-order valence-electron chi connectivity index (χ3n) is 4.16. The fourth-order valence-electron chi connectivity index (χ4n) is 2.96. The van der Waals surface area contributed by atoms with Gasteiger partial charge in [-0.2, -0.15) is 0 Å². The number of nitrogens with zero attached hydrogens (tertiary/aromatic N) is 2. The monoisotopic (exact) mass is 290 g/mol. The molecule has 0 fully saturated rings. The zero-order valence-electron chi connectivity index (χ0n) is 12.6. The third-order valence-corrected chi connectivity index (χ3v) is 4.16. The maximum absolute atomic E-state index is 9.16. The molecule has 1 aromatic carbocycles. The van der Waals surface area contributed by atoms with E-state index in [0.29, 0.717) is 5.92 Å². The topological polar surface area (TPSA) is 56.5 Å². The number of hydrogen-bond donors (Lipinski definition) is 1. The van der Waals surface area contributed by atoms with E-state index in [4.69, 9.17) is 19.6 Å². The number of aryl methyl sites for hydroxylation is 1. The minimum absolute atomic E-state index is 0.187. The number of benzene rings is 1. The van der Waals surface area contributed by atoms with E-state index < -0.39 is 0 Å². The average molecular weight is 290 g/mol. The van der Waals surface area contributed by atoms with E-state index >= 15 is 0 Å². The van der Waals surface area contributed by atoms with Gasteiger partial charge < -0.3 is 19.1 Å². The van der Waals surface area contributed by atoms with E-state index in [1.807, 2.05) is 12.1 Å². The minimum atomic E-state index is 0.187. The van der Waals surface area contributed by atoms with Crippen LogP contribution in [0.4, 0.5) is 0 Å². The molecule has 114 valence electrons. The van der Waals surface area contributed by atoms with Gasteiger partial charge in [0.15, 0.2) is 11.5 Å². The summed E-state index contributed by atoms with van der Waals surface area (Å²) in [6, 6.07) is 3.97. The van der Waals surface area contributed by atoms with Gasteiger partial charge in [0.25, 0.3) is 0 Å². The smallest absolute Gasteiger partial charge is 0.231 e. The van der Waals surface area contributed by atoms with E-state index in [2.05, 4.69) is 18.4 Å². The molecule has 0 amide bonds. The second kappa shape index (κ2) is 5.93. The maximum atomic E-state index is 9.16. The lowest BCUT2D eigenvalue weighted by molar-refractivity contribution is 0.174. The molecule has 0 saturated heterocycles. The quantitative estimate of drug-likeness (QED) is 0.888. The van der Waals surface area contributed by atoms with E-state index in [1.165, 1.54) is 0 Å². The first-order chi connectivity index (χ1) is 10.3. The van der Waals surface area contributed by atoms with Crippen LogP contribution in [0.15, 0.2) is 12.1 Å². The van der Waals surface area contributed by atoms with Crippen molar-refractivity contribution in [3.8, 4) is 11.5 Å². The Hall–Kier alpha value is -1.75. The van der Waals surface area contributed by atoms with Crippen LogP contribution in [0.5, 0.6) is 11.5 Å². The maximum Gasteiger partial charge on any atom is 0.231 e. The number of fused-ring (bicyclic) bond motifs is 2. The predicted molar refractivity (Wildman–Crippen MR) is 80.9 cm³/mol. The lowest BCUT2D eigenvalue weighted by Crippen LogP contribution is -2.09. The molecule has 5 heteroatoms. The zero-order chi connectivity index (χ0) is 14.8. The Balaban J connectivity index is 2.12. The minimum Gasteiger partial charge on any atom is -0.454 e. The van der Waals surface area contributed by atoms with E-state index in [9.17, 15) is 0 Å². The van der Waals surface area contributed by atoms with Crippen molar-refractivity contribution >= 4 is 11.0 Å². The molecule has 2 aromatic rings. The fourth-order valence-corrected chi connectivity index (χ4v) is 2.96. The lowest BCUT2D eigenvalue weighted by atomic mass is 10.0. The molecule has 5 nitrogen and oxygen atoms in total. The van der Waals surface area contributed by atoms with Crippen molar-refractivity contribution in [2.24, 2.45) is 0 Å². The molecule has 1 N–H and O–H groups in total. The molecule has 0 atom stereocenters. The lowest BCUT2D eigenvalue weighted by Gasteiger charge is -2.15. The summed E-state index contributed by atoms with van der Waals surface area (Å²) in [5, 5.41) is 9.16. The first-order valence-electron chi connectivity index (χ1n) is 7.69. The Bertz CT molecular complexity index is 632.